The van der Waals surface area contributed by atoms with Crippen molar-refractivity contribution in [3.63, 3.8) is 0 Å². The molecule has 1 fully saturated rings. The van der Waals surface area contributed by atoms with Crippen LogP contribution >= 0.6 is 0 Å². The van der Waals surface area contributed by atoms with Gasteiger partial charge in [0.25, 0.3) is 0 Å². The minimum absolute atomic E-state index is 0.376. The third-order valence-electron chi connectivity index (χ3n) is 5.54. The van der Waals surface area contributed by atoms with Crippen molar-refractivity contribution in [2.75, 3.05) is 38.2 Å². The molecule has 3 rings (SSSR count). The van der Waals surface area contributed by atoms with Crippen molar-refractivity contribution in [2.24, 2.45) is 5.92 Å². The molecule has 0 unspecified atom stereocenters. The number of H-pyrrole nitrogens is 1. The number of esters is 1. The average molecular weight is 410 g/mol. The average Bonchev–Trinajstić information content (AvgIpc) is 3.18. The summed E-state index contributed by atoms with van der Waals surface area (Å²) in [4.78, 5) is 25.6. The lowest BCUT2D eigenvalue weighted by atomic mass is 9.97. The Morgan fingerprint density at radius 1 is 1.37 bits per heavy atom. The van der Waals surface area contributed by atoms with E-state index in [1.54, 1.807) is 0 Å². The topological polar surface area (TPSA) is 83.1 Å². The van der Waals surface area contributed by atoms with Gasteiger partial charge in [0, 0.05) is 42.9 Å². The van der Waals surface area contributed by atoms with E-state index in [0.29, 0.717) is 17.4 Å². The van der Waals surface area contributed by atoms with Gasteiger partial charge in [0.05, 0.1) is 12.7 Å². The van der Waals surface area contributed by atoms with Crippen LogP contribution in [0.1, 0.15) is 46.9 Å². The number of methoxy groups -OCH3 is 1. The highest BCUT2D eigenvalue weighted by atomic mass is 16.5. The predicted molar refractivity (Wildman–Crippen MR) is 120 cm³/mol. The molecule has 7 heteroatoms. The Bertz CT molecular complexity index is 864. The first-order chi connectivity index (χ1) is 14.7. The fraction of sp³-hybridized carbons (Fsp3) is 0.435. The fourth-order valence-electron chi connectivity index (χ4n) is 3.81. The second-order valence-electron chi connectivity index (χ2n) is 7.49. The summed E-state index contributed by atoms with van der Waals surface area (Å²) < 4.78 is 4.69. The summed E-state index contributed by atoms with van der Waals surface area (Å²) in [6.45, 7) is 9.74. The van der Waals surface area contributed by atoms with Gasteiger partial charge in [-0.3, -0.25) is 0 Å². The largest absolute Gasteiger partial charge is 0.465 e. The molecule has 7 nitrogen and oxygen atoms in total. The standard InChI is InChI=1S/C23H31N5O2/c1-4-6-20-18(14-25-21(20)5-2)7-10-24-13-17-8-11-28(12-9-17)23-26-15-19(16-27-23)22(29)30-3/h4-6,14-17,24-25H,2,7-13H2,1,3H3/b6-4-. The minimum Gasteiger partial charge on any atom is -0.465 e. The molecule has 2 aromatic heterocycles. The number of carbonyl (C=O) groups is 1. The number of piperidine rings is 1. The Kier molecular flexibility index (Phi) is 7.79. The summed E-state index contributed by atoms with van der Waals surface area (Å²) in [5, 5.41) is 3.62. The number of allylic oxidation sites excluding steroid dienone is 1. The van der Waals surface area contributed by atoms with E-state index in [1.807, 2.05) is 13.0 Å². The van der Waals surface area contributed by atoms with Gasteiger partial charge >= 0.3 is 5.97 Å². The summed E-state index contributed by atoms with van der Waals surface area (Å²) in [6.07, 6.45) is 14.4. The van der Waals surface area contributed by atoms with Crippen molar-refractivity contribution in [2.45, 2.75) is 26.2 Å². The summed E-state index contributed by atoms with van der Waals surface area (Å²) >= 11 is 0. The molecular formula is C23H31N5O2. The van der Waals surface area contributed by atoms with Gasteiger partial charge < -0.3 is 19.9 Å². The Morgan fingerprint density at radius 2 is 2.10 bits per heavy atom. The SMILES string of the molecule is C=Cc1[nH]cc(CCNCC2CCN(c3ncc(C(=O)OC)cn3)CC2)c1/C=C\C. The van der Waals surface area contributed by atoms with Gasteiger partial charge in [-0.25, -0.2) is 14.8 Å². The van der Waals surface area contributed by atoms with Crippen LogP contribution in [-0.2, 0) is 11.2 Å². The van der Waals surface area contributed by atoms with Crippen LogP contribution in [0, 0.1) is 5.92 Å². The Hall–Kier alpha value is -2.93. The molecule has 1 aliphatic rings. The maximum absolute atomic E-state index is 11.5. The number of carbonyl (C=O) groups excluding carboxylic acids is 1. The maximum Gasteiger partial charge on any atom is 0.341 e. The molecule has 30 heavy (non-hydrogen) atoms. The van der Waals surface area contributed by atoms with Gasteiger partial charge in [-0.15, -0.1) is 0 Å². The molecule has 0 bridgehead atoms. The molecular weight excluding hydrogens is 378 g/mol. The van der Waals surface area contributed by atoms with Crippen LogP contribution in [0.15, 0.2) is 31.2 Å². The molecule has 0 atom stereocenters. The lowest BCUT2D eigenvalue weighted by Gasteiger charge is -2.32. The summed E-state index contributed by atoms with van der Waals surface area (Å²) in [7, 11) is 1.35. The van der Waals surface area contributed by atoms with Gasteiger partial charge in [0.15, 0.2) is 0 Å². The highest BCUT2D eigenvalue weighted by molar-refractivity contribution is 5.88. The first kappa shape index (κ1) is 21.8. The summed E-state index contributed by atoms with van der Waals surface area (Å²) in [5.41, 5.74) is 4.01. The van der Waals surface area contributed by atoms with Gasteiger partial charge in [-0.05, 0) is 56.8 Å². The van der Waals surface area contributed by atoms with Crippen molar-refractivity contribution < 1.29 is 9.53 Å². The van der Waals surface area contributed by atoms with E-state index in [2.05, 4.69) is 54.8 Å². The minimum atomic E-state index is -0.412. The fourth-order valence-corrected chi connectivity index (χ4v) is 3.81. The van der Waals surface area contributed by atoms with Crippen LogP contribution in [0.25, 0.3) is 12.2 Å². The second-order valence-corrected chi connectivity index (χ2v) is 7.49. The third kappa shape index (κ3) is 5.36. The molecule has 0 saturated carbocycles. The van der Waals surface area contributed by atoms with Crippen molar-refractivity contribution in [1.82, 2.24) is 20.3 Å². The zero-order chi connectivity index (χ0) is 21.3. The normalized spacial score (nSPS) is 14.9. The first-order valence-electron chi connectivity index (χ1n) is 10.5. The molecule has 0 aliphatic carbocycles. The molecule has 0 spiro atoms. The number of aromatic amines is 1. The quantitative estimate of drug-likeness (QED) is 0.488. The van der Waals surface area contributed by atoms with Crippen LogP contribution in [0.5, 0.6) is 0 Å². The third-order valence-corrected chi connectivity index (χ3v) is 5.54. The van der Waals surface area contributed by atoms with Gasteiger partial charge in [0.2, 0.25) is 5.95 Å². The molecule has 1 aliphatic heterocycles. The number of hydrogen-bond donors (Lipinski definition) is 2. The van der Waals surface area contributed by atoms with Crippen molar-refractivity contribution in [3.05, 3.63) is 53.6 Å². The molecule has 0 radical (unpaired) electrons. The van der Waals surface area contributed by atoms with E-state index in [1.165, 1.54) is 30.6 Å². The number of ether oxygens (including phenoxy) is 1. The van der Waals surface area contributed by atoms with Gasteiger partial charge in [0.1, 0.15) is 0 Å². The summed E-state index contributed by atoms with van der Waals surface area (Å²) in [6, 6.07) is 0. The van der Waals surface area contributed by atoms with Crippen LogP contribution in [0.4, 0.5) is 5.95 Å². The van der Waals surface area contributed by atoms with E-state index >= 15 is 0 Å². The molecule has 160 valence electrons. The molecule has 3 heterocycles. The zero-order valence-electron chi connectivity index (χ0n) is 17.9. The van der Waals surface area contributed by atoms with Crippen molar-refractivity contribution >= 4 is 24.1 Å². The number of nitrogens with one attached hydrogen (secondary N) is 2. The number of anilines is 1. The Morgan fingerprint density at radius 3 is 2.73 bits per heavy atom. The van der Waals surface area contributed by atoms with E-state index in [-0.39, 0.29) is 0 Å². The Balaban J connectivity index is 1.41. The lowest BCUT2D eigenvalue weighted by Crippen LogP contribution is -2.38. The molecule has 2 N–H and O–H groups in total. The van der Waals surface area contributed by atoms with Crippen molar-refractivity contribution in [3.8, 4) is 0 Å². The van der Waals surface area contributed by atoms with Crippen LogP contribution in [0.3, 0.4) is 0 Å². The van der Waals surface area contributed by atoms with Crippen LogP contribution in [0.2, 0.25) is 0 Å². The van der Waals surface area contributed by atoms with Gasteiger partial charge in [-0.1, -0.05) is 18.7 Å². The number of nitrogens with zero attached hydrogens (tertiary/aromatic N) is 3. The first-order valence-corrected chi connectivity index (χ1v) is 10.5. The second kappa shape index (κ2) is 10.7. The zero-order valence-corrected chi connectivity index (χ0v) is 17.9. The van der Waals surface area contributed by atoms with Crippen LogP contribution in [-0.4, -0.2) is 54.2 Å². The molecule has 2 aromatic rings. The Labute approximate surface area is 178 Å². The smallest absolute Gasteiger partial charge is 0.341 e. The monoisotopic (exact) mass is 409 g/mol. The van der Waals surface area contributed by atoms with Gasteiger partial charge in [-0.2, -0.15) is 0 Å². The highest BCUT2D eigenvalue weighted by Crippen LogP contribution is 2.21. The van der Waals surface area contributed by atoms with E-state index < -0.39 is 5.97 Å². The van der Waals surface area contributed by atoms with Crippen molar-refractivity contribution in [1.29, 1.82) is 0 Å². The van der Waals surface area contributed by atoms with E-state index in [0.717, 1.165) is 51.1 Å². The lowest BCUT2D eigenvalue weighted by molar-refractivity contribution is 0.0600. The van der Waals surface area contributed by atoms with E-state index in [9.17, 15) is 4.79 Å². The highest BCUT2D eigenvalue weighted by Gasteiger charge is 2.21. The predicted octanol–water partition coefficient (Wildman–Crippen LogP) is 3.32. The molecule has 0 aromatic carbocycles. The summed E-state index contributed by atoms with van der Waals surface area (Å²) in [5.74, 6) is 0.918. The number of aromatic nitrogens is 3. The number of hydrogen-bond acceptors (Lipinski definition) is 6. The number of rotatable bonds is 9. The van der Waals surface area contributed by atoms with Crippen LogP contribution < -0.4 is 10.2 Å². The molecule has 0 amide bonds. The van der Waals surface area contributed by atoms with E-state index in [4.69, 9.17) is 0 Å². The maximum atomic E-state index is 11.5. The molecule has 1 saturated heterocycles.